The number of nitrogens with one attached hydrogen (secondary N) is 3. The van der Waals surface area contributed by atoms with Gasteiger partial charge in [0.25, 0.3) is 5.91 Å². The fraction of sp³-hybridized carbons (Fsp3) is 0.700. The molecule has 40 heavy (non-hydrogen) atoms. The van der Waals surface area contributed by atoms with E-state index in [-0.39, 0.29) is 30.2 Å². The first kappa shape index (κ1) is 33.0. The number of piperidine rings is 1. The summed E-state index contributed by atoms with van der Waals surface area (Å²) in [5, 5.41) is 8.04. The lowest BCUT2D eigenvalue weighted by Gasteiger charge is -2.38. The molecule has 0 aromatic heterocycles. The number of hydrogen-bond donors (Lipinski definition) is 3. The van der Waals surface area contributed by atoms with Gasteiger partial charge in [-0.05, 0) is 62.7 Å². The van der Waals surface area contributed by atoms with Crippen molar-refractivity contribution in [2.75, 3.05) is 13.1 Å². The number of fused-ring (bicyclic) bond motifs is 1. The van der Waals surface area contributed by atoms with E-state index in [9.17, 15) is 24.0 Å². The molecular formula is C30H48N4O6. The van der Waals surface area contributed by atoms with Crippen LogP contribution < -0.4 is 16.0 Å². The number of carbonyl (C=O) groups is 5. The number of rotatable bonds is 12. The van der Waals surface area contributed by atoms with Gasteiger partial charge in [0.1, 0.15) is 17.7 Å². The van der Waals surface area contributed by atoms with Gasteiger partial charge >= 0.3 is 6.09 Å². The molecule has 1 aliphatic heterocycles. The van der Waals surface area contributed by atoms with Gasteiger partial charge in [0.2, 0.25) is 17.6 Å². The maximum absolute atomic E-state index is 14.0. The van der Waals surface area contributed by atoms with Crippen molar-refractivity contribution in [1.82, 2.24) is 20.9 Å². The number of ketones is 1. The summed E-state index contributed by atoms with van der Waals surface area (Å²) in [6.07, 6.45) is 3.64. The van der Waals surface area contributed by atoms with Gasteiger partial charge in [-0.1, -0.05) is 46.8 Å². The smallest absolute Gasteiger partial charge is 0.408 e. The Kier molecular flexibility index (Phi) is 10.4. The molecule has 2 aliphatic rings. The first-order valence-corrected chi connectivity index (χ1v) is 14.0. The Morgan fingerprint density at radius 2 is 1.60 bits per heavy atom. The third kappa shape index (κ3) is 7.95. The van der Waals surface area contributed by atoms with Crippen molar-refractivity contribution in [3.63, 3.8) is 0 Å². The van der Waals surface area contributed by atoms with Gasteiger partial charge in [-0.3, -0.25) is 19.2 Å². The molecule has 0 radical (unpaired) electrons. The lowest BCUT2D eigenvalue weighted by molar-refractivity contribution is -0.145. The van der Waals surface area contributed by atoms with Crippen LogP contribution in [-0.2, 0) is 23.9 Å². The van der Waals surface area contributed by atoms with Gasteiger partial charge < -0.3 is 25.6 Å². The average Bonchev–Trinajstić information content (AvgIpc) is 3.15. The standard InChI is InChI=1S/C30H48N4O6/c1-11-13-15-19(22(35)25(37)31-16-14-12-2)32-24(36)21-20-18(30(20,9)10)17-34(21)26(38)23(28(3,4)5)33-27(39)40-29(6,7)8/h11-12,18-21,23H,1-2,13-17H2,3-10H3,(H,31,37)(H,32,36)(H,33,39). The number of alkyl carbamates (subject to hydrolysis) is 1. The normalized spacial score (nSPS) is 22.7. The molecule has 2 fully saturated rings. The minimum absolute atomic E-state index is 0.0962. The second-order valence-electron chi connectivity index (χ2n) is 13.5. The lowest BCUT2D eigenvalue weighted by atomic mass is 9.85. The molecule has 1 saturated heterocycles. The van der Waals surface area contributed by atoms with Crippen LogP contribution in [0.5, 0.6) is 0 Å². The summed E-state index contributed by atoms with van der Waals surface area (Å²) in [7, 11) is 0. The van der Waals surface area contributed by atoms with E-state index in [0.29, 0.717) is 19.4 Å². The molecule has 1 aliphatic carbocycles. The van der Waals surface area contributed by atoms with Gasteiger partial charge in [-0.15, -0.1) is 13.2 Å². The van der Waals surface area contributed by atoms with E-state index in [0.717, 1.165) is 0 Å². The number of likely N-dealkylation sites (tertiary alicyclic amines) is 1. The molecule has 4 amide bonds. The van der Waals surface area contributed by atoms with Crippen LogP contribution in [0.2, 0.25) is 0 Å². The Bertz CT molecular complexity index is 1020. The van der Waals surface area contributed by atoms with Crippen LogP contribution in [0, 0.1) is 22.7 Å². The monoisotopic (exact) mass is 560 g/mol. The topological polar surface area (TPSA) is 134 Å². The Balaban J connectivity index is 2.30. The maximum atomic E-state index is 14.0. The van der Waals surface area contributed by atoms with E-state index in [1.165, 1.54) is 4.90 Å². The number of hydrogen-bond acceptors (Lipinski definition) is 6. The summed E-state index contributed by atoms with van der Waals surface area (Å²) >= 11 is 0. The number of nitrogens with zero attached hydrogens (tertiary/aromatic N) is 1. The Labute approximate surface area is 238 Å². The Hall–Kier alpha value is -3.17. The molecule has 10 heteroatoms. The first-order valence-electron chi connectivity index (χ1n) is 14.0. The molecule has 224 valence electrons. The third-order valence-electron chi connectivity index (χ3n) is 7.68. The average molecular weight is 561 g/mol. The number of ether oxygens (including phenoxy) is 1. The Morgan fingerprint density at radius 3 is 2.12 bits per heavy atom. The molecular weight excluding hydrogens is 512 g/mol. The van der Waals surface area contributed by atoms with Crippen molar-refractivity contribution in [2.24, 2.45) is 22.7 Å². The molecule has 10 nitrogen and oxygen atoms in total. The molecule has 1 heterocycles. The van der Waals surface area contributed by atoms with E-state index in [1.54, 1.807) is 32.9 Å². The minimum Gasteiger partial charge on any atom is -0.444 e. The van der Waals surface area contributed by atoms with Gasteiger partial charge in [-0.25, -0.2) is 4.79 Å². The second kappa shape index (κ2) is 12.6. The number of carbonyl (C=O) groups excluding carboxylic acids is 5. The largest absolute Gasteiger partial charge is 0.444 e. The maximum Gasteiger partial charge on any atom is 0.408 e. The fourth-order valence-electron chi connectivity index (χ4n) is 5.40. The molecule has 0 aromatic rings. The van der Waals surface area contributed by atoms with Crippen LogP contribution in [0.4, 0.5) is 4.79 Å². The van der Waals surface area contributed by atoms with Crippen molar-refractivity contribution in [3.05, 3.63) is 25.3 Å². The van der Waals surface area contributed by atoms with Crippen LogP contribution >= 0.6 is 0 Å². The molecule has 0 aromatic carbocycles. The summed E-state index contributed by atoms with van der Waals surface area (Å²) in [5.41, 5.74) is -1.59. The summed E-state index contributed by atoms with van der Waals surface area (Å²) in [6, 6.07) is -2.86. The van der Waals surface area contributed by atoms with Crippen LogP contribution in [0.25, 0.3) is 0 Å². The summed E-state index contributed by atoms with van der Waals surface area (Å²) in [5.74, 6) is -2.43. The predicted octanol–water partition coefficient (Wildman–Crippen LogP) is 3.12. The molecule has 0 bridgehead atoms. The highest BCUT2D eigenvalue weighted by Gasteiger charge is 2.70. The van der Waals surface area contributed by atoms with Crippen molar-refractivity contribution in [1.29, 1.82) is 0 Å². The van der Waals surface area contributed by atoms with Crippen molar-refractivity contribution < 1.29 is 28.7 Å². The van der Waals surface area contributed by atoms with Crippen molar-refractivity contribution in [2.45, 2.75) is 98.4 Å². The SMILES string of the molecule is C=CCCNC(=O)C(=O)C(CCC=C)NC(=O)C1C2C(CN1C(=O)C(NC(=O)OC(C)(C)C)C(C)(C)C)C2(C)C. The van der Waals surface area contributed by atoms with Crippen molar-refractivity contribution in [3.8, 4) is 0 Å². The van der Waals surface area contributed by atoms with Gasteiger partial charge in [0.05, 0.1) is 6.04 Å². The molecule has 0 spiro atoms. The fourth-order valence-corrected chi connectivity index (χ4v) is 5.40. The summed E-state index contributed by atoms with van der Waals surface area (Å²) in [6.45, 7) is 22.7. The first-order chi connectivity index (χ1) is 18.4. The van der Waals surface area contributed by atoms with E-state index in [2.05, 4.69) is 43.0 Å². The minimum atomic E-state index is -1.06. The van der Waals surface area contributed by atoms with Crippen LogP contribution in [0.3, 0.4) is 0 Å². The van der Waals surface area contributed by atoms with Crippen LogP contribution in [0.15, 0.2) is 25.3 Å². The second-order valence-corrected chi connectivity index (χ2v) is 13.5. The quantitative estimate of drug-likeness (QED) is 0.191. The molecule has 5 atom stereocenters. The highest BCUT2D eigenvalue weighted by molar-refractivity contribution is 6.38. The van der Waals surface area contributed by atoms with E-state index < -0.39 is 58.7 Å². The van der Waals surface area contributed by atoms with Gasteiger partial charge in [-0.2, -0.15) is 0 Å². The number of allylic oxidation sites excluding steroid dienone is 1. The zero-order valence-corrected chi connectivity index (χ0v) is 25.4. The number of Topliss-reactive ketones (excluding diaryl/α,β-unsaturated/α-hetero) is 1. The van der Waals surface area contributed by atoms with E-state index in [1.807, 2.05) is 20.8 Å². The lowest BCUT2D eigenvalue weighted by Crippen LogP contribution is -2.60. The predicted molar refractivity (Wildman–Crippen MR) is 153 cm³/mol. The highest BCUT2D eigenvalue weighted by Crippen LogP contribution is 2.65. The van der Waals surface area contributed by atoms with Crippen LogP contribution in [0.1, 0.15) is 74.7 Å². The molecule has 5 unspecified atom stereocenters. The summed E-state index contributed by atoms with van der Waals surface area (Å²) < 4.78 is 5.40. The molecule has 2 rings (SSSR count). The highest BCUT2D eigenvalue weighted by atomic mass is 16.6. The third-order valence-corrected chi connectivity index (χ3v) is 7.68. The van der Waals surface area contributed by atoms with Gasteiger partial charge in [0, 0.05) is 13.1 Å². The zero-order valence-electron chi connectivity index (χ0n) is 25.4. The molecule has 3 N–H and O–H groups in total. The Morgan fingerprint density at radius 1 is 1.00 bits per heavy atom. The summed E-state index contributed by atoms with van der Waals surface area (Å²) in [4.78, 5) is 67.4. The number of amides is 4. The van der Waals surface area contributed by atoms with Crippen LogP contribution in [-0.4, -0.2) is 71.3 Å². The zero-order chi connectivity index (χ0) is 30.6. The van der Waals surface area contributed by atoms with Crippen molar-refractivity contribution >= 4 is 29.6 Å². The van der Waals surface area contributed by atoms with E-state index in [4.69, 9.17) is 4.74 Å². The van der Waals surface area contributed by atoms with E-state index >= 15 is 0 Å². The van der Waals surface area contributed by atoms with Gasteiger partial charge in [0.15, 0.2) is 0 Å². The molecule has 1 saturated carbocycles.